The second kappa shape index (κ2) is 5.99. The van der Waals surface area contributed by atoms with Gasteiger partial charge in [-0.3, -0.25) is 0 Å². The maximum Gasteiger partial charge on any atom is 0.0613 e. The van der Waals surface area contributed by atoms with Crippen LogP contribution in [0.1, 0.15) is 40.0 Å². The molecule has 3 heteroatoms. The lowest BCUT2D eigenvalue weighted by molar-refractivity contribution is 0.149. The van der Waals surface area contributed by atoms with Crippen LogP contribution in [0.5, 0.6) is 0 Å². The van der Waals surface area contributed by atoms with Gasteiger partial charge in [0.15, 0.2) is 0 Å². The predicted octanol–water partition coefficient (Wildman–Crippen LogP) is 1.47. The quantitative estimate of drug-likeness (QED) is 0.722. The van der Waals surface area contributed by atoms with Gasteiger partial charge in [-0.1, -0.05) is 20.8 Å². The van der Waals surface area contributed by atoms with E-state index in [1.807, 2.05) is 0 Å². The Bertz CT molecular complexity index is 208. The second-order valence-electron chi connectivity index (χ2n) is 5.70. The molecule has 0 spiro atoms. The minimum Gasteiger partial charge on any atom is -0.394 e. The molecular formula is C13H28N2O. The van der Waals surface area contributed by atoms with E-state index in [1.54, 1.807) is 0 Å². The Kier molecular flexibility index (Phi) is 5.22. The molecule has 3 nitrogen and oxygen atoms in total. The van der Waals surface area contributed by atoms with Gasteiger partial charge in [-0.2, -0.15) is 0 Å². The number of aliphatic hydroxyl groups excluding tert-OH is 1. The van der Waals surface area contributed by atoms with Crippen molar-refractivity contribution in [3.05, 3.63) is 0 Å². The standard InChI is InChI=1S/C13H28N2O/c1-5-14-13(10-16)7-6-12(8-13)15(4)9-11(2)3/h11-12,14,16H,5-10H2,1-4H3. The van der Waals surface area contributed by atoms with Gasteiger partial charge in [0, 0.05) is 18.1 Å². The lowest BCUT2D eigenvalue weighted by atomic mass is 9.98. The summed E-state index contributed by atoms with van der Waals surface area (Å²) in [4.78, 5) is 2.46. The normalized spacial score (nSPS) is 30.6. The maximum absolute atomic E-state index is 9.55. The Morgan fingerprint density at radius 1 is 1.50 bits per heavy atom. The number of aliphatic hydroxyl groups is 1. The molecule has 2 atom stereocenters. The zero-order chi connectivity index (χ0) is 12.2. The highest BCUT2D eigenvalue weighted by atomic mass is 16.3. The summed E-state index contributed by atoms with van der Waals surface area (Å²) in [5.74, 6) is 0.716. The van der Waals surface area contributed by atoms with Gasteiger partial charge in [0.1, 0.15) is 0 Å². The van der Waals surface area contributed by atoms with Crippen molar-refractivity contribution < 1.29 is 5.11 Å². The van der Waals surface area contributed by atoms with E-state index in [2.05, 4.69) is 38.0 Å². The van der Waals surface area contributed by atoms with Crippen LogP contribution >= 0.6 is 0 Å². The molecule has 0 bridgehead atoms. The van der Waals surface area contributed by atoms with Gasteiger partial charge in [0.2, 0.25) is 0 Å². The van der Waals surface area contributed by atoms with Crippen LogP contribution in [0.2, 0.25) is 0 Å². The molecule has 2 unspecified atom stereocenters. The lowest BCUT2D eigenvalue weighted by Gasteiger charge is -2.31. The molecule has 2 N–H and O–H groups in total. The first-order chi connectivity index (χ1) is 7.53. The minimum absolute atomic E-state index is 0.00927. The molecule has 16 heavy (non-hydrogen) atoms. The van der Waals surface area contributed by atoms with Gasteiger partial charge < -0.3 is 15.3 Å². The molecule has 0 heterocycles. The number of nitrogens with one attached hydrogen (secondary N) is 1. The van der Waals surface area contributed by atoms with E-state index < -0.39 is 0 Å². The summed E-state index contributed by atoms with van der Waals surface area (Å²) in [7, 11) is 2.21. The molecule has 0 radical (unpaired) electrons. The lowest BCUT2D eigenvalue weighted by Crippen LogP contribution is -2.47. The fourth-order valence-corrected chi connectivity index (χ4v) is 2.93. The molecule has 0 aliphatic heterocycles. The molecule has 1 saturated carbocycles. The van der Waals surface area contributed by atoms with E-state index in [4.69, 9.17) is 0 Å². The molecule has 0 aromatic rings. The summed E-state index contributed by atoms with van der Waals surface area (Å²) in [6.45, 7) is 9.00. The summed E-state index contributed by atoms with van der Waals surface area (Å²) >= 11 is 0. The fraction of sp³-hybridized carbons (Fsp3) is 1.00. The Hall–Kier alpha value is -0.120. The summed E-state index contributed by atoms with van der Waals surface area (Å²) in [6, 6.07) is 0.633. The Balaban J connectivity index is 2.49. The van der Waals surface area contributed by atoms with E-state index >= 15 is 0 Å². The third-order valence-corrected chi connectivity index (χ3v) is 3.71. The average Bonchev–Trinajstić information content (AvgIpc) is 2.63. The van der Waals surface area contributed by atoms with E-state index in [9.17, 15) is 5.11 Å². The second-order valence-corrected chi connectivity index (χ2v) is 5.70. The third kappa shape index (κ3) is 3.44. The third-order valence-electron chi connectivity index (χ3n) is 3.71. The van der Waals surface area contributed by atoms with Crippen LogP contribution in [0.4, 0.5) is 0 Å². The smallest absolute Gasteiger partial charge is 0.0613 e. The van der Waals surface area contributed by atoms with Crippen molar-refractivity contribution in [2.24, 2.45) is 5.92 Å². The van der Waals surface area contributed by atoms with Crippen LogP contribution in [0.3, 0.4) is 0 Å². The Morgan fingerprint density at radius 2 is 2.19 bits per heavy atom. The minimum atomic E-state index is -0.00927. The van der Waals surface area contributed by atoms with Crippen LogP contribution in [0.25, 0.3) is 0 Å². The number of rotatable bonds is 6. The first kappa shape index (κ1) is 13.9. The van der Waals surface area contributed by atoms with Crippen molar-refractivity contribution in [1.82, 2.24) is 10.2 Å². The highest BCUT2D eigenvalue weighted by molar-refractivity contribution is 4.98. The van der Waals surface area contributed by atoms with Gasteiger partial charge in [0.05, 0.1) is 6.61 Å². The van der Waals surface area contributed by atoms with Crippen molar-refractivity contribution in [2.75, 3.05) is 26.7 Å². The molecule has 0 saturated heterocycles. The molecule has 1 rings (SSSR count). The Morgan fingerprint density at radius 3 is 2.69 bits per heavy atom. The average molecular weight is 228 g/mol. The number of likely N-dealkylation sites (N-methyl/N-ethyl adjacent to an activating group) is 1. The molecule has 96 valence electrons. The van der Waals surface area contributed by atoms with Gasteiger partial charge >= 0.3 is 0 Å². The SMILES string of the molecule is CCNC1(CO)CCC(N(C)CC(C)C)C1. The van der Waals surface area contributed by atoms with Gasteiger partial charge in [0.25, 0.3) is 0 Å². The first-order valence-electron chi connectivity index (χ1n) is 6.59. The van der Waals surface area contributed by atoms with Crippen LogP contribution in [0, 0.1) is 5.92 Å². The number of nitrogens with zero attached hydrogens (tertiary/aromatic N) is 1. The van der Waals surface area contributed by atoms with Gasteiger partial charge in [-0.05, 0) is 38.8 Å². The van der Waals surface area contributed by atoms with Crippen LogP contribution < -0.4 is 5.32 Å². The number of hydrogen-bond acceptors (Lipinski definition) is 3. The molecule has 0 amide bonds. The molecule has 0 aromatic heterocycles. The zero-order valence-corrected chi connectivity index (χ0v) is 11.3. The topological polar surface area (TPSA) is 35.5 Å². The highest BCUT2D eigenvalue weighted by Crippen LogP contribution is 2.32. The van der Waals surface area contributed by atoms with Gasteiger partial charge in [-0.15, -0.1) is 0 Å². The molecule has 1 aliphatic carbocycles. The Labute approximate surface area is 100 Å². The number of hydrogen-bond donors (Lipinski definition) is 2. The summed E-state index contributed by atoms with van der Waals surface area (Å²) in [5.41, 5.74) is -0.00927. The first-order valence-corrected chi connectivity index (χ1v) is 6.59. The molecule has 1 aliphatic rings. The zero-order valence-electron chi connectivity index (χ0n) is 11.3. The highest BCUT2D eigenvalue weighted by Gasteiger charge is 2.39. The van der Waals surface area contributed by atoms with Crippen molar-refractivity contribution in [3.8, 4) is 0 Å². The summed E-state index contributed by atoms with van der Waals surface area (Å²) in [6.07, 6.45) is 3.39. The predicted molar refractivity (Wildman–Crippen MR) is 68.6 cm³/mol. The summed E-state index contributed by atoms with van der Waals surface area (Å²) < 4.78 is 0. The van der Waals surface area contributed by atoms with E-state index in [0.717, 1.165) is 25.9 Å². The fourth-order valence-electron chi connectivity index (χ4n) is 2.93. The molecule has 0 aromatic carbocycles. The molecular weight excluding hydrogens is 200 g/mol. The monoisotopic (exact) mass is 228 g/mol. The van der Waals surface area contributed by atoms with Crippen LogP contribution in [-0.4, -0.2) is 48.3 Å². The van der Waals surface area contributed by atoms with Crippen molar-refractivity contribution in [3.63, 3.8) is 0 Å². The largest absolute Gasteiger partial charge is 0.394 e. The van der Waals surface area contributed by atoms with Gasteiger partial charge in [-0.25, -0.2) is 0 Å². The van der Waals surface area contributed by atoms with Crippen LogP contribution in [-0.2, 0) is 0 Å². The van der Waals surface area contributed by atoms with E-state index in [1.165, 1.54) is 6.42 Å². The summed E-state index contributed by atoms with van der Waals surface area (Å²) in [5, 5.41) is 13.0. The van der Waals surface area contributed by atoms with E-state index in [0.29, 0.717) is 12.0 Å². The van der Waals surface area contributed by atoms with Crippen molar-refractivity contribution in [2.45, 2.75) is 51.6 Å². The van der Waals surface area contributed by atoms with Crippen LogP contribution in [0.15, 0.2) is 0 Å². The van der Waals surface area contributed by atoms with E-state index in [-0.39, 0.29) is 12.1 Å². The van der Waals surface area contributed by atoms with Crippen molar-refractivity contribution >= 4 is 0 Å². The molecule has 1 fully saturated rings. The maximum atomic E-state index is 9.55. The van der Waals surface area contributed by atoms with Crippen molar-refractivity contribution in [1.29, 1.82) is 0 Å².